The van der Waals surface area contributed by atoms with Crippen LogP contribution in [0.3, 0.4) is 0 Å². The van der Waals surface area contributed by atoms with Crippen molar-refractivity contribution in [1.82, 2.24) is 0 Å². The Labute approximate surface area is 127 Å². The zero-order valence-corrected chi connectivity index (χ0v) is 13.5. The van der Waals surface area contributed by atoms with E-state index < -0.39 is 9.84 Å². The van der Waals surface area contributed by atoms with E-state index in [-0.39, 0.29) is 6.04 Å². The van der Waals surface area contributed by atoms with Gasteiger partial charge in [-0.3, -0.25) is 0 Å². The number of benzene rings is 2. The molecule has 0 amide bonds. The van der Waals surface area contributed by atoms with Crippen LogP contribution in [0, 0.1) is 0 Å². The van der Waals surface area contributed by atoms with E-state index in [1.165, 1.54) is 6.26 Å². The second kappa shape index (κ2) is 6.08. The van der Waals surface area contributed by atoms with Gasteiger partial charge in [-0.2, -0.15) is 0 Å². The number of rotatable bonds is 4. The molecule has 106 valence electrons. The average Bonchev–Trinajstić information content (AvgIpc) is 2.38. The van der Waals surface area contributed by atoms with Crippen molar-refractivity contribution in [2.45, 2.75) is 17.4 Å². The molecule has 2 N–H and O–H groups in total. The van der Waals surface area contributed by atoms with Crippen molar-refractivity contribution in [3.05, 3.63) is 64.1 Å². The molecule has 3 nitrogen and oxygen atoms in total. The number of nitrogens with two attached hydrogens (primary N) is 1. The lowest BCUT2D eigenvalue weighted by molar-refractivity contribution is 0.601. The van der Waals surface area contributed by atoms with E-state index in [0.717, 1.165) is 15.6 Å². The second-order valence-corrected chi connectivity index (χ2v) is 7.72. The van der Waals surface area contributed by atoms with Crippen LogP contribution in [0.5, 0.6) is 0 Å². The zero-order chi connectivity index (χ0) is 14.8. The summed E-state index contributed by atoms with van der Waals surface area (Å²) in [6, 6.07) is 14.5. The Kier molecular flexibility index (Phi) is 4.62. The molecule has 0 saturated heterocycles. The first-order valence-electron chi connectivity index (χ1n) is 6.16. The number of sulfone groups is 1. The van der Waals surface area contributed by atoms with Gasteiger partial charge in [0.2, 0.25) is 0 Å². The molecule has 0 radical (unpaired) electrons. The molecular weight excluding hydrogens is 338 g/mol. The van der Waals surface area contributed by atoms with Crippen LogP contribution in [0.2, 0.25) is 0 Å². The highest BCUT2D eigenvalue weighted by molar-refractivity contribution is 9.10. The maximum Gasteiger partial charge on any atom is 0.175 e. The summed E-state index contributed by atoms with van der Waals surface area (Å²) in [5.41, 5.74) is 8.11. The highest BCUT2D eigenvalue weighted by Crippen LogP contribution is 2.21. The predicted octanol–water partition coefficient (Wildman–Crippen LogP) is 3.10. The third kappa shape index (κ3) is 3.91. The van der Waals surface area contributed by atoms with Gasteiger partial charge < -0.3 is 5.73 Å². The molecule has 20 heavy (non-hydrogen) atoms. The molecule has 5 heteroatoms. The highest BCUT2D eigenvalue weighted by Gasteiger charge is 2.12. The van der Waals surface area contributed by atoms with E-state index in [4.69, 9.17) is 5.73 Å². The van der Waals surface area contributed by atoms with Crippen LogP contribution in [-0.4, -0.2) is 14.7 Å². The van der Waals surface area contributed by atoms with Crippen LogP contribution in [-0.2, 0) is 16.3 Å². The topological polar surface area (TPSA) is 60.2 Å². The lowest BCUT2D eigenvalue weighted by Crippen LogP contribution is -2.14. The normalized spacial score (nSPS) is 13.2. The summed E-state index contributed by atoms with van der Waals surface area (Å²) in [5.74, 6) is 0. The summed E-state index contributed by atoms with van der Waals surface area (Å²) in [4.78, 5) is 0.305. The van der Waals surface area contributed by atoms with Gasteiger partial charge in [0.25, 0.3) is 0 Å². The minimum absolute atomic E-state index is 0.231. The SMILES string of the molecule is CS(=O)(=O)c1cccc(C(N)Cc2cccc(Br)c2)c1. The van der Waals surface area contributed by atoms with E-state index in [1.807, 2.05) is 30.3 Å². The van der Waals surface area contributed by atoms with Crippen LogP contribution in [0.4, 0.5) is 0 Å². The fraction of sp³-hybridized carbons (Fsp3) is 0.200. The first-order valence-corrected chi connectivity index (χ1v) is 8.85. The van der Waals surface area contributed by atoms with E-state index in [2.05, 4.69) is 15.9 Å². The van der Waals surface area contributed by atoms with Crippen molar-refractivity contribution in [3.63, 3.8) is 0 Å². The van der Waals surface area contributed by atoms with Crippen LogP contribution >= 0.6 is 15.9 Å². The Bertz CT molecular complexity index is 713. The van der Waals surface area contributed by atoms with Crippen LogP contribution in [0.15, 0.2) is 57.9 Å². The Hall–Kier alpha value is -1.17. The van der Waals surface area contributed by atoms with Gasteiger partial charge in [0.1, 0.15) is 0 Å². The maximum atomic E-state index is 11.6. The molecule has 0 aliphatic heterocycles. The highest BCUT2D eigenvalue weighted by atomic mass is 79.9. The number of hydrogen-bond donors (Lipinski definition) is 1. The van der Waals surface area contributed by atoms with Crippen LogP contribution < -0.4 is 5.73 Å². The first kappa shape index (κ1) is 15.2. The van der Waals surface area contributed by atoms with Gasteiger partial charge >= 0.3 is 0 Å². The Morgan fingerprint density at radius 2 is 1.85 bits per heavy atom. The lowest BCUT2D eigenvalue weighted by atomic mass is 10.00. The molecule has 0 saturated carbocycles. The van der Waals surface area contributed by atoms with Crippen molar-refractivity contribution in [2.75, 3.05) is 6.26 Å². The van der Waals surface area contributed by atoms with Crippen molar-refractivity contribution in [2.24, 2.45) is 5.73 Å². The van der Waals surface area contributed by atoms with E-state index in [0.29, 0.717) is 11.3 Å². The van der Waals surface area contributed by atoms with Crippen molar-refractivity contribution < 1.29 is 8.42 Å². The molecule has 2 aromatic carbocycles. The minimum atomic E-state index is -3.20. The van der Waals surface area contributed by atoms with Gasteiger partial charge in [-0.25, -0.2) is 8.42 Å². The minimum Gasteiger partial charge on any atom is -0.324 e. The standard InChI is InChI=1S/C15H16BrNO2S/c1-20(18,19)14-7-3-5-12(10-14)15(17)9-11-4-2-6-13(16)8-11/h2-8,10,15H,9,17H2,1H3. The Balaban J connectivity index is 2.23. The third-order valence-corrected chi connectivity index (χ3v) is 4.66. The van der Waals surface area contributed by atoms with Gasteiger partial charge in [0, 0.05) is 16.8 Å². The Morgan fingerprint density at radius 3 is 2.50 bits per heavy atom. The largest absolute Gasteiger partial charge is 0.324 e. The zero-order valence-electron chi connectivity index (χ0n) is 11.1. The molecule has 2 rings (SSSR count). The molecule has 0 aliphatic rings. The van der Waals surface area contributed by atoms with Crippen LogP contribution in [0.25, 0.3) is 0 Å². The number of halogens is 1. The van der Waals surface area contributed by atoms with E-state index >= 15 is 0 Å². The average molecular weight is 354 g/mol. The first-order chi connectivity index (χ1) is 9.36. The second-order valence-electron chi connectivity index (χ2n) is 4.79. The summed E-state index contributed by atoms with van der Waals surface area (Å²) in [7, 11) is -3.20. The van der Waals surface area contributed by atoms with E-state index in [1.54, 1.807) is 18.2 Å². The molecule has 0 heterocycles. The molecule has 0 fully saturated rings. The number of hydrogen-bond acceptors (Lipinski definition) is 3. The van der Waals surface area contributed by atoms with Gasteiger partial charge in [-0.15, -0.1) is 0 Å². The van der Waals surface area contributed by atoms with Crippen LogP contribution in [0.1, 0.15) is 17.2 Å². The molecule has 0 aromatic heterocycles. The fourth-order valence-corrected chi connectivity index (χ4v) is 3.13. The Morgan fingerprint density at radius 1 is 1.15 bits per heavy atom. The molecule has 0 spiro atoms. The molecule has 0 bridgehead atoms. The lowest BCUT2D eigenvalue weighted by Gasteiger charge is -2.13. The van der Waals surface area contributed by atoms with Gasteiger partial charge in [0.05, 0.1) is 4.90 Å². The maximum absolute atomic E-state index is 11.6. The molecule has 1 atom stereocenters. The molecular formula is C15H16BrNO2S. The van der Waals surface area contributed by atoms with Gasteiger partial charge in [0.15, 0.2) is 9.84 Å². The summed E-state index contributed by atoms with van der Waals surface area (Å²) in [5, 5.41) is 0. The van der Waals surface area contributed by atoms with Gasteiger partial charge in [-0.1, -0.05) is 40.2 Å². The molecule has 1 unspecified atom stereocenters. The van der Waals surface area contributed by atoms with E-state index in [9.17, 15) is 8.42 Å². The summed E-state index contributed by atoms with van der Waals surface area (Å²) in [6.07, 6.45) is 1.86. The monoisotopic (exact) mass is 353 g/mol. The fourth-order valence-electron chi connectivity index (χ4n) is 2.01. The van der Waals surface area contributed by atoms with Crippen molar-refractivity contribution >= 4 is 25.8 Å². The third-order valence-electron chi connectivity index (χ3n) is 3.06. The summed E-state index contributed by atoms with van der Waals surface area (Å²) < 4.78 is 24.1. The molecule has 0 aliphatic carbocycles. The predicted molar refractivity (Wildman–Crippen MR) is 84.3 cm³/mol. The van der Waals surface area contributed by atoms with Crippen molar-refractivity contribution in [1.29, 1.82) is 0 Å². The summed E-state index contributed by atoms with van der Waals surface area (Å²) in [6.45, 7) is 0. The quantitative estimate of drug-likeness (QED) is 0.918. The summed E-state index contributed by atoms with van der Waals surface area (Å²) >= 11 is 3.43. The molecule has 2 aromatic rings. The smallest absolute Gasteiger partial charge is 0.175 e. The van der Waals surface area contributed by atoms with Crippen molar-refractivity contribution in [3.8, 4) is 0 Å². The van der Waals surface area contributed by atoms with Gasteiger partial charge in [-0.05, 0) is 41.8 Å².